The highest BCUT2D eigenvalue weighted by Gasteiger charge is 2.35. The van der Waals surface area contributed by atoms with E-state index in [1.807, 2.05) is 0 Å². The van der Waals surface area contributed by atoms with Gasteiger partial charge in [-0.15, -0.1) is 12.4 Å². The summed E-state index contributed by atoms with van der Waals surface area (Å²) in [5.74, 6) is -0.280. The molecule has 1 aliphatic rings. The summed E-state index contributed by atoms with van der Waals surface area (Å²) >= 11 is 0. The van der Waals surface area contributed by atoms with Crippen LogP contribution in [0, 0.1) is 0 Å². The van der Waals surface area contributed by atoms with Crippen molar-refractivity contribution >= 4 is 28.3 Å². The number of hydrogen-bond donors (Lipinski definition) is 2. The van der Waals surface area contributed by atoms with Gasteiger partial charge in [-0.05, 0) is 24.5 Å². The summed E-state index contributed by atoms with van der Waals surface area (Å²) in [6.07, 6.45) is 0.910. The third-order valence-electron chi connectivity index (χ3n) is 4.01. The molecule has 24 heavy (non-hydrogen) atoms. The first-order valence-electron chi connectivity index (χ1n) is 7.43. The van der Waals surface area contributed by atoms with Crippen molar-refractivity contribution in [3.05, 3.63) is 29.8 Å². The molecule has 136 valence electrons. The van der Waals surface area contributed by atoms with Crippen LogP contribution in [0.4, 0.5) is 0 Å². The summed E-state index contributed by atoms with van der Waals surface area (Å²) < 4.78 is 31.0. The molecule has 7 nitrogen and oxygen atoms in total. The van der Waals surface area contributed by atoms with Crippen molar-refractivity contribution in [1.29, 1.82) is 0 Å². The third kappa shape index (κ3) is 4.46. The summed E-state index contributed by atoms with van der Waals surface area (Å²) in [7, 11) is -0.617. The summed E-state index contributed by atoms with van der Waals surface area (Å²) in [6, 6.07) is 6.61. The number of nitrogens with zero attached hydrogens (tertiary/aromatic N) is 1. The zero-order valence-corrected chi connectivity index (χ0v) is 15.5. The van der Waals surface area contributed by atoms with Gasteiger partial charge in [-0.25, -0.2) is 12.7 Å². The Morgan fingerprint density at radius 2 is 1.88 bits per heavy atom. The average Bonchev–Trinajstić information content (AvgIpc) is 2.53. The quantitative estimate of drug-likeness (QED) is 0.777. The number of benzene rings is 1. The van der Waals surface area contributed by atoms with Crippen LogP contribution >= 0.6 is 12.4 Å². The summed E-state index contributed by atoms with van der Waals surface area (Å²) in [4.78, 5) is 12.5. The lowest BCUT2D eigenvalue weighted by molar-refractivity contribution is -0.129. The zero-order chi connectivity index (χ0) is 17.1. The van der Waals surface area contributed by atoms with Crippen molar-refractivity contribution < 1.29 is 17.9 Å². The fourth-order valence-electron chi connectivity index (χ4n) is 2.41. The zero-order valence-electron chi connectivity index (χ0n) is 13.8. The maximum atomic E-state index is 12.3. The monoisotopic (exact) mass is 377 g/mol. The second kappa shape index (κ2) is 8.26. The number of amides is 1. The first-order valence-corrected chi connectivity index (χ1v) is 8.87. The number of ether oxygens (including phenoxy) is 1. The molecule has 0 bridgehead atoms. The molecule has 9 heteroatoms. The van der Waals surface area contributed by atoms with Gasteiger partial charge in [-0.2, -0.15) is 0 Å². The Morgan fingerprint density at radius 3 is 2.46 bits per heavy atom. The SMILES string of the molecule is CN(C)S(=O)(=O)c1ccccc1CNC(=O)C1(N)CCOCC1.Cl. The van der Waals surface area contributed by atoms with E-state index in [4.69, 9.17) is 10.5 Å². The number of nitrogens with two attached hydrogens (primary N) is 1. The lowest BCUT2D eigenvalue weighted by Gasteiger charge is -2.31. The van der Waals surface area contributed by atoms with Gasteiger partial charge < -0.3 is 15.8 Å². The number of rotatable bonds is 5. The van der Waals surface area contributed by atoms with Crippen LogP contribution in [-0.2, 0) is 26.1 Å². The van der Waals surface area contributed by atoms with Crippen LogP contribution in [-0.4, -0.2) is 51.5 Å². The van der Waals surface area contributed by atoms with Crippen LogP contribution in [0.2, 0.25) is 0 Å². The number of sulfonamides is 1. The van der Waals surface area contributed by atoms with Gasteiger partial charge >= 0.3 is 0 Å². The maximum absolute atomic E-state index is 12.3. The fourth-order valence-corrected chi connectivity index (χ4v) is 3.53. The van der Waals surface area contributed by atoms with E-state index in [1.165, 1.54) is 20.2 Å². The van der Waals surface area contributed by atoms with E-state index < -0.39 is 15.6 Å². The largest absolute Gasteiger partial charge is 0.381 e. The van der Waals surface area contributed by atoms with E-state index in [-0.39, 0.29) is 29.8 Å². The van der Waals surface area contributed by atoms with Crippen molar-refractivity contribution in [2.75, 3.05) is 27.3 Å². The van der Waals surface area contributed by atoms with E-state index in [0.29, 0.717) is 31.6 Å². The molecule has 1 heterocycles. The molecule has 0 aromatic heterocycles. The van der Waals surface area contributed by atoms with Crippen molar-refractivity contribution in [3.63, 3.8) is 0 Å². The molecule has 0 saturated carbocycles. The highest BCUT2D eigenvalue weighted by molar-refractivity contribution is 7.89. The van der Waals surface area contributed by atoms with E-state index in [9.17, 15) is 13.2 Å². The van der Waals surface area contributed by atoms with Crippen LogP contribution in [0.15, 0.2) is 29.2 Å². The Labute approximate surface area is 149 Å². The van der Waals surface area contributed by atoms with E-state index in [2.05, 4.69) is 5.32 Å². The highest BCUT2D eigenvalue weighted by atomic mass is 35.5. The van der Waals surface area contributed by atoms with Crippen LogP contribution in [0.3, 0.4) is 0 Å². The van der Waals surface area contributed by atoms with Gasteiger partial charge in [0.2, 0.25) is 15.9 Å². The van der Waals surface area contributed by atoms with E-state index >= 15 is 0 Å². The molecule has 0 spiro atoms. The lowest BCUT2D eigenvalue weighted by Crippen LogP contribution is -2.56. The topological polar surface area (TPSA) is 102 Å². The first-order chi connectivity index (χ1) is 10.8. The first kappa shape index (κ1) is 20.9. The molecule has 1 aromatic rings. The van der Waals surface area contributed by atoms with Gasteiger partial charge in [0.05, 0.1) is 10.4 Å². The van der Waals surface area contributed by atoms with Crippen molar-refractivity contribution in [2.45, 2.75) is 29.8 Å². The van der Waals surface area contributed by atoms with E-state index in [1.54, 1.807) is 18.2 Å². The van der Waals surface area contributed by atoms with Crippen molar-refractivity contribution in [1.82, 2.24) is 9.62 Å². The molecule has 1 fully saturated rings. The van der Waals surface area contributed by atoms with Crippen molar-refractivity contribution in [2.24, 2.45) is 5.73 Å². The molecule has 2 rings (SSSR count). The average molecular weight is 378 g/mol. The minimum absolute atomic E-state index is 0. The third-order valence-corrected chi connectivity index (χ3v) is 5.92. The molecule has 0 atom stereocenters. The number of hydrogen-bond acceptors (Lipinski definition) is 5. The molecule has 0 radical (unpaired) electrons. The molecule has 1 saturated heterocycles. The molecule has 1 aliphatic heterocycles. The minimum atomic E-state index is -3.56. The van der Waals surface area contributed by atoms with Gasteiger partial charge in [0, 0.05) is 33.9 Å². The van der Waals surface area contributed by atoms with Crippen LogP contribution in [0.25, 0.3) is 0 Å². The predicted molar refractivity (Wildman–Crippen MR) is 93.4 cm³/mol. The fraction of sp³-hybridized carbons (Fsp3) is 0.533. The second-order valence-electron chi connectivity index (χ2n) is 5.85. The Kier molecular flexibility index (Phi) is 7.18. The molecule has 1 aromatic carbocycles. The number of carbonyl (C=O) groups is 1. The Morgan fingerprint density at radius 1 is 1.29 bits per heavy atom. The lowest BCUT2D eigenvalue weighted by atomic mass is 9.90. The molecular formula is C15H24ClN3O4S. The Bertz CT molecular complexity index is 673. The second-order valence-corrected chi connectivity index (χ2v) is 7.97. The minimum Gasteiger partial charge on any atom is -0.381 e. The Balaban J connectivity index is 0.00000288. The smallest absolute Gasteiger partial charge is 0.242 e. The van der Waals surface area contributed by atoms with Gasteiger partial charge in [0.1, 0.15) is 0 Å². The van der Waals surface area contributed by atoms with E-state index in [0.717, 1.165) is 4.31 Å². The molecule has 3 N–H and O–H groups in total. The summed E-state index contributed by atoms with van der Waals surface area (Å²) in [5, 5.41) is 2.76. The highest BCUT2D eigenvalue weighted by Crippen LogP contribution is 2.20. The molecular weight excluding hydrogens is 354 g/mol. The van der Waals surface area contributed by atoms with Crippen LogP contribution in [0.5, 0.6) is 0 Å². The maximum Gasteiger partial charge on any atom is 0.242 e. The van der Waals surface area contributed by atoms with Gasteiger partial charge in [-0.1, -0.05) is 18.2 Å². The summed E-state index contributed by atoms with van der Waals surface area (Å²) in [5.41, 5.74) is 5.70. The number of halogens is 1. The van der Waals surface area contributed by atoms with Crippen molar-refractivity contribution in [3.8, 4) is 0 Å². The summed E-state index contributed by atoms with van der Waals surface area (Å²) in [6.45, 7) is 1.02. The van der Waals surface area contributed by atoms with Gasteiger partial charge in [0.25, 0.3) is 0 Å². The number of nitrogens with one attached hydrogen (secondary N) is 1. The normalized spacial score (nSPS) is 17.2. The number of carbonyl (C=O) groups excluding carboxylic acids is 1. The van der Waals surface area contributed by atoms with Gasteiger partial charge in [-0.3, -0.25) is 4.79 Å². The van der Waals surface area contributed by atoms with Crippen LogP contribution < -0.4 is 11.1 Å². The molecule has 0 unspecified atom stereocenters. The standard InChI is InChI=1S/C15H23N3O4S.ClH/c1-18(2)23(20,21)13-6-4-3-5-12(13)11-17-14(19)15(16)7-9-22-10-8-15;/h3-6H,7-11,16H2,1-2H3,(H,17,19);1H. The molecule has 1 amide bonds. The van der Waals surface area contributed by atoms with Crippen LogP contribution in [0.1, 0.15) is 18.4 Å². The molecule has 0 aliphatic carbocycles. The predicted octanol–water partition coefficient (Wildman–Crippen LogP) is 0.483. The Hall–Kier alpha value is -1.19. The van der Waals surface area contributed by atoms with Gasteiger partial charge in [0.15, 0.2) is 0 Å².